The molecule has 0 fully saturated rings. The van der Waals surface area contributed by atoms with E-state index in [2.05, 4.69) is 16.7 Å². The number of hydrogen-bond acceptors (Lipinski definition) is 4. The molecule has 5 heteroatoms. The standard InChI is InChI=1S/C11H19N3OS/c1-9(2)13-10-7-11(15)14(12-8-10)5-4-6-16-3/h7-9,13H,4-6H2,1-3H3. The van der Waals surface area contributed by atoms with Crippen molar-refractivity contribution in [3.05, 3.63) is 22.6 Å². The fourth-order valence-electron chi connectivity index (χ4n) is 1.37. The minimum absolute atomic E-state index is 0.0354. The molecule has 1 heterocycles. The molecule has 16 heavy (non-hydrogen) atoms. The van der Waals surface area contributed by atoms with Gasteiger partial charge in [0.1, 0.15) is 0 Å². The van der Waals surface area contributed by atoms with Crippen LogP contribution in [-0.2, 0) is 6.54 Å². The maximum absolute atomic E-state index is 11.7. The van der Waals surface area contributed by atoms with Crippen LogP contribution in [0.3, 0.4) is 0 Å². The van der Waals surface area contributed by atoms with Gasteiger partial charge in [-0.05, 0) is 32.3 Å². The first-order valence-electron chi connectivity index (χ1n) is 5.46. The Kier molecular flexibility index (Phi) is 5.38. The van der Waals surface area contributed by atoms with E-state index in [-0.39, 0.29) is 5.56 Å². The molecule has 1 aromatic heterocycles. The van der Waals surface area contributed by atoms with E-state index in [1.807, 2.05) is 13.8 Å². The summed E-state index contributed by atoms with van der Waals surface area (Å²) >= 11 is 1.78. The summed E-state index contributed by atoms with van der Waals surface area (Å²) in [6.45, 7) is 4.76. The average Bonchev–Trinajstić information content (AvgIpc) is 2.20. The zero-order valence-electron chi connectivity index (χ0n) is 10.1. The number of aromatic nitrogens is 2. The molecular formula is C11H19N3OS. The highest BCUT2D eigenvalue weighted by Gasteiger charge is 2.00. The van der Waals surface area contributed by atoms with Gasteiger partial charge in [-0.2, -0.15) is 16.9 Å². The van der Waals surface area contributed by atoms with Crippen LogP contribution in [0.4, 0.5) is 5.69 Å². The molecule has 1 rings (SSSR count). The molecule has 1 aromatic rings. The number of nitrogens with one attached hydrogen (secondary N) is 1. The second-order valence-corrected chi connectivity index (χ2v) is 4.94. The minimum Gasteiger partial charge on any atom is -0.381 e. The molecule has 0 aromatic carbocycles. The number of hydrogen-bond donors (Lipinski definition) is 1. The minimum atomic E-state index is -0.0354. The van der Waals surface area contributed by atoms with E-state index < -0.39 is 0 Å². The van der Waals surface area contributed by atoms with E-state index in [9.17, 15) is 4.79 Å². The molecule has 0 spiro atoms. The van der Waals surface area contributed by atoms with E-state index in [0.717, 1.165) is 17.9 Å². The molecule has 0 radical (unpaired) electrons. The van der Waals surface area contributed by atoms with E-state index in [1.54, 1.807) is 24.0 Å². The predicted octanol–water partition coefficient (Wildman–Crippen LogP) is 1.82. The van der Waals surface area contributed by atoms with Crippen molar-refractivity contribution in [2.45, 2.75) is 32.9 Å². The molecule has 0 aliphatic carbocycles. The van der Waals surface area contributed by atoms with Crippen LogP contribution in [0.1, 0.15) is 20.3 Å². The normalized spacial score (nSPS) is 10.8. The van der Waals surface area contributed by atoms with Crippen LogP contribution >= 0.6 is 11.8 Å². The summed E-state index contributed by atoms with van der Waals surface area (Å²) in [6, 6.07) is 1.92. The summed E-state index contributed by atoms with van der Waals surface area (Å²) in [4.78, 5) is 11.7. The van der Waals surface area contributed by atoms with Crippen LogP contribution in [0.2, 0.25) is 0 Å². The SMILES string of the molecule is CSCCCn1ncc(NC(C)C)cc1=O. The number of thioether (sulfide) groups is 1. The number of rotatable bonds is 6. The Hall–Kier alpha value is -0.970. The van der Waals surface area contributed by atoms with Gasteiger partial charge in [0.05, 0.1) is 11.9 Å². The van der Waals surface area contributed by atoms with E-state index in [4.69, 9.17) is 0 Å². The second kappa shape index (κ2) is 6.58. The van der Waals surface area contributed by atoms with Gasteiger partial charge in [0.15, 0.2) is 0 Å². The molecule has 4 nitrogen and oxygen atoms in total. The number of anilines is 1. The van der Waals surface area contributed by atoms with Crippen molar-refractivity contribution in [3.63, 3.8) is 0 Å². The van der Waals surface area contributed by atoms with Crippen molar-refractivity contribution in [1.82, 2.24) is 9.78 Å². The van der Waals surface area contributed by atoms with Gasteiger partial charge in [-0.25, -0.2) is 4.68 Å². The molecule has 0 bridgehead atoms. The monoisotopic (exact) mass is 241 g/mol. The van der Waals surface area contributed by atoms with Crippen molar-refractivity contribution in [2.24, 2.45) is 0 Å². The lowest BCUT2D eigenvalue weighted by atomic mass is 10.3. The van der Waals surface area contributed by atoms with Gasteiger partial charge in [0.2, 0.25) is 0 Å². The van der Waals surface area contributed by atoms with Gasteiger partial charge in [0.25, 0.3) is 5.56 Å². The van der Waals surface area contributed by atoms with Gasteiger partial charge >= 0.3 is 0 Å². The summed E-state index contributed by atoms with van der Waals surface area (Å²) in [7, 11) is 0. The highest BCUT2D eigenvalue weighted by atomic mass is 32.2. The highest BCUT2D eigenvalue weighted by Crippen LogP contribution is 2.02. The zero-order chi connectivity index (χ0) is 12.0. The molecule has 0 aliphatic heterocycles. The molecule has 0 amide bonds. The molecular weight excluding hydrogens is 222 g/mol. The van der Waals surface area contributed by atoms with E-state index in [0.29, 0.717) is 12.6 Å². The smallest absolute Gasteiger partial charge is 0.268 e. The van der Waals surface area contributed by atoms with Crippen LogP contribution in [0.25, 0.3) is 0 Å². The lowest BCUT2D eigenvalue weighted by Crippen LogP contribution is -2.23. The third kappa shape index (κ3) is 4.26. The predicted molar refractivity (Wildman–Crippen MR) is 70.3 cm³/mol. The van der Waals surface area contributed by atoms with Gasteiger partial charge in [0, 0.05) is 18.7 Å². The van der Waals surface area contributed by atoms with Crippen LogP contribution in [0.15, 0.2) is 17.1 Å². The fourth-order valence-corrected chi connectivity index (χ4v) is 1.79. The lowest BCUT2D eigenvalue weighted by Gasteiger charge is -2.10. The Morgan fingerprint density at radius 1 is 1.56 bits per heavy atom. The fraction of sp³-hybridized carbons (Fsp3) is 0.636. The summed E-state index contributed by atoms with van der Waals surface area (Å²) in [5.41, 5.74) is 0.757. The summed E-state index contributed by atoms with van der Waals surface area (Å²) in [5.74, 6) is 1.06. The molecule has 0 aliphatic rings. The molecule has 0 saturated carbocycles. The quantitative estimate of drug-likeness (QED) is 0.772. The van der Waals surface area contributed by atoms with Gasteiger partial charge in [-0.1, -0.05) is 0 Å². The molecule has 0 unspecified atom stereocenters. The van der Waals surface area contributed by atoms with Crippen molar-refractivity contribution in [3.8, 4) is 0 Å². The first-order valence-corrected chi connectivity index (χ1v) is 6.85. The topological polar surface area (TPSA) is 46.9 Å². The van der Waals surface area contributed by atoms with Crippen LogP contribution in [0, 0.1) is 0 Å². The van der Waals surface area contributed by atoms with Crippen molar-refractivity contribution < 1.29 is 0 Å². The maximum Gasteiger partial charge on any atom is 0.268 e. The highest BCUT2D eigenvalue weighted by molar-refractivity contribution is 7.98. The van der Waals surface area contributed by atoms with Gasteiger partial charge in [-0.3, -0.25) is 4.79 Å². The number of nitrogens with zero attached hydrogens (tertiary/aromatic N) is 2. The second-order valence-electron chi connectivity index (χ2n) is 3.95. The molecule has 0 saturated heterocycles. The Morgan fingerprint density at radius 2 is 2.31 bits per heavy atom. The lowest BCUT2D eigenvalue weighted by molar-refractivity contribution is 0.571. The molecule has 0 atom stereocenters. The zero-order valence-corrected chi connectivity index (χ0v) is 10.9. The van der Waals surface area contributed by atoms with Crippen LogP contribution < -0.4 is 10.9 Å². The first-order chi connectivity index (χ1) is 7.63. The number of aryl methyl sites for hydroxylation is 1. The van der Waals surface area contributed by atoms with Crippen LogP contribution in [0.5, 0.6) is 0 Å². The van der Waals surface area contributed by atoms with Crippen molar-refractivity contribution in [2.75, 3.05) is 17.3 Å². The average molecular weight is 241 g/mol. The Bertz CT molecular complexity index is 376. The summed E-state index contributed by atoms with van der Waals surface area (Å²) < 4.78 is 1.52. The van der Waals surface area contributed by atoms with Crippen molar-refractivity contribution in [1.29, 1.82) is 0 Å². The van der Waals surface area contributed by atoms with Gasteiger partial charge < -0.3 is 5.32 Å². The maximum atomic E-state index is 11.7. The van der Waals surface area contributed by atoms with Crippen molar-refractivity contribution >= 4 is 17.4 Å². The van der Waals surface area contributed by atoms with Gasteiger partial charge in [-0.15, -0.1) is 0 Å². The Labute approximate surface area is 100 Å². The first kappa shape index (κ1) is 13.1. The molecule has 90 valence electrons. The van der Waals surface area contributed by atoms with E-state index >= 15 is 0 Å². The molecule has 1 N–H and O–H groups in total. The third-order valence-electron chi connectivity index (χ3n) is 2.04. The third-order valence-corrected chi connectivity index (χ3v) is 2.74. The summed E-state index contributed by atoms with van der Waals surface area (Å²) in [5, 5.41) is 7.30. The Morgan fingerprint density at radius 3 is 2.88 bits per heavy atom. The largest absolute Gasteiger partial charge is 0.381 e. The summed E-state index contributed by atoms with van der Waals surface area (Å²) in [6.07, 6.45) is 4.75. The van der Waals surface area contributed by atoms with E-state index in [1.165, 1.54) is 4.68 Å². The van der Waals surface area contributed by atoms with Crippen LogP contribution in [-0.4, -0.2) is 27.8 Å². The Balaban J connectivity index is 2.64.